The van der Waals surface area contributed by atoms with Crippen molar-refractivity contribution in [1.82, 2.24) is 10.2 Å². The van der Waals surface area contributed by atoms with E-state index in [1.165, 1.54) is 12.8 Å². The van der Waals surface area contributed by atoms with E-state index >= 15 is 0 Å². The highest BCUT2D eigenvalue weighted by Gasteiger charge is 2.40. The maximum absolute atomic E-state index is 12.8. The summed E-state index contributed by atoms with van der Waals surface area (Å²) in [7, 11) is 3.22. The van der Waals surface area contributed by atoms with Gasteiger partial charge in [0.2, 0.25) is 0 Å². The largest absolute Gasteiger partial charge is 0.365 e. The van der Waals surface area contributed by atoms with Crippen molar-refractivity contribution in [2.24, 2.45) is 0 Å². The summed E-state index contributed by atoms with van der Waals surface area (Å²) in [4.78, 5) is 15.1. The van der Waals surface area contributed by atoms with Gasteiger partial charge in [-0.25, -0.2) is 0 Å². The molecule has 0 saturated carbocycles. The number of amides is 1. The van der Waals surface area contributed by atoms with Crippen LogP contribution in [0, 0.1) is 0 Å². The first kappa shape index (κ1) is 18.8. The third-order valence-corrected chi connectivity index (χ3v) is 5.32. The second kappa shape index (κ2) is 8.16. The van der Waals surface area contributed by atoms with Gasteiger partial charge in [0.05, 0.1) is 0 Å². The highest BCUT2D eigenvalue weighted by Crippen LogP contribution is 2.35. The normalized spacial score (nSPS) is 28.4. The third-order valence-electron chi connectivity index (χ3n) is 5.32. The minimum Gasteiger partial charge on any atom is -0.365 e. The third kappa shape index (κ3) is 3.75. The van der Waals surface area contributed by atoms with Crippen LogP contribution in [0.15, 0.2) is 54.6 Å². The van der Waals surface area contributed by atoms with E-state index in [4.69, 9.17) is 9.47 Å². The number of nitrogens with zero attached hydrogens (tertiary/aromatic N) is 1. The maximum Gasteiger partial charge on any atom is 0.260 e. The number of carbonyl (C=O) groups excluding carboxylic acids is 1. The average molecular weight is 356 g/mol. The van der Waals surface area contributed by atoms with Crippen molar-refractivity contribution in [2.75, 3.05) is 40.4 Å². The van der Waals surface area contributed by atoms with Gasteiger partial charge in [0.25, 0.3) is 5.91 Å². The average Bonchev–Trinajstić information content (AvgIpc) is 3.22. The van der Waals surface area contributed by atoms with E-state index in [-0.39, 0.29) is 5.91 Å². The number of rotatable bonds is 7. The summed E-state index contributed by atoms with van der Waals surface area (Å²) in [6.45, 7) is 3.75. The molecule has 1 heterocycles. The minimum absolute atomic E-state index is 0.149. The minimum atomic E-state index is -1.10. The van der Waals surface area contributed by atoms with Gasteiger partial charge in [0.15, 0.2) is 5.60 Å². The lowest BCUT2D eigenvalue weighted by Gasteiger charge is -2.34. The molecule has 26 heavy (non-hydrogen) atoms. The van der Waals surface area contributed by atoms with Gasteiger partial charge in [-0.15, -0.1) is 0 Å². The molecule has 0 bridgehead atoms. The first-order valence-electron chi connectivity index (χ1n) is 9.21. The highest BCUT2D eigenvalue weighted by molar-refractivity contribution is 5.90. The number of nitrogens with one attached hydrogen (secondary N) is 1. The van der Waals surface area contributed by atoms with Crippen LogP contribution in [0.1, 0.15) is 18.4 Å². The van der Waals surface area contributed by atoms with E-state index in [0.29, 0.717) is 6.54 Å². The number of benzene rings is 1. The Bertz CT molecular complexity index is 649. The van der Waals surface area contributed by atoms with Crippen molar-refractivity contribution in [3.05, 3.63) is 60.2 Å². The predicted molar refractivity (Wildman–Crippen MR) is 102 cm³/mol. The molecule has 0 atom stereocenters. The number of likely N-dealkylation sites (tertiary alicyclic amines) is 1. The molecule has 1 aliphatic heterocycles. The van der Waals surface area contributed by atoms with Crippen LogP contribution in [-0.2, 0) is 19.9 Å². The fourth-order valence-electron chi connectivity index (χ4n) is 3.60. The molecule has 2 aliphatic rings. The zero-order chi connectivity index (χ0) is 18.5. The Labute approximate surface area is 155 Å². The summed E-state index contributed by atoms with van der Waals surface area (Å²) in [6.07, 6.45) is 9.86. The van der Waals surface area contributed by atoms with Crippen molar-refractivity contribution in [2.45, 2.75) is 24.0 Å². The molecule has 0 radical (unpaired) electrons. The van der Waals surface area contributed by atoms with Crippen LogP contribution >= 0.6 is 0 Å². The molecule has 1 N–H and O–H groups in total. The second-order valence-electron chi connectivity index (χ2n) is 6.83. The standard InChI is InChI=1S/C21H28N2O3/c1-25-20(18-8-4-3-5-9-18)10-12-21(26-2,13-11-20)19(24)22-14-17-23-15-6-7-16-23/h3-5,8-13H,6-7,14-17H2,1-2H3,(H,22,24). The highest BCUT2D eigenvalue weighted by atomic mass is 16.5. The van der Waals surface area contributed by atoms with Crippen LogP contribution in [0.4, 0.5) is 0 Å². The molecule has 5 heteroatoms. The Hall–Kier alpha value is -1.95. The van der Waals surface area contributed by atoms with Gasteiger partial charge < -0.3 is 19.7 Å². The fourth-order valence-corrected chi connectivity index (χ4v) is 3.60. The number of hydrogen-bond donors (Lipinski definition) is 1. The Balaban J connectivity index is 1.68. The Morgan fingerprint density at radius 2 is 1.69 bits per heavy atom. The summed E-state index contributed by atoms with van der Waals surface area (Å²) in [6, 6.07) is 9.93. The van der Waals surface area contributed by atoms with Crippen LogP contribution in [0.25, 0.3) is 0 Å². The molecule has 140 valence electrons. The first-order valence-corrected chi connectivity index (χ1v) is 9.21. The molecule has 0 unspecified atom stereocenters. The number of hydrogen-bond acceptors (Lipinski definition) is 4. The molecular formula is C21H28N2O3. The zero-order valence-corrected chi connectivity index (χ0v) is 15.6. The first-order chi connectivity index (χ1) is 12.6. The lowest BCUT2D eigenvalue weighted by atomic mass is 9.84. The van der Waals surface area contributed by atoms with E-state index in [2.05, 4.69) is 10.2 Å². The quantitative estimate of drug-likeness (QED) is 0.762. The van der Waals surface area contributed by atoms with Gasteiger partial charge in [-0.05, 0) is 55.8 Å². The van der Waals surface area contributed by atoms with E-state index in [1.54, 1.807) is 26.4 Å². The molecule has 1 aromatic rings. The molecule has 3 rings (SSSR count). The summed E-state index contributed by atoms with van der Waals surface area (Å²) in [5, 5.41) is 3.01. The van der Waals surface area contributed by atoms with Gasteiger partial charge in [0, 0.05) is 27.3 Å². The van der Waals surface area contributed by atoms with Gasteiger partial charge >= 0.3 is 0 Å². The van der Waals surface area contributed by atoms with Crippen LogP contribution < -0.4 is 5.32 Å². The SMILES string of the molecule is COC1(C(=O)NCCN2CCCC2)C=CC(OC)(c2ccccc2)C=C1. The molecule has 1 aromatic carbocycles. The summed E-state index contributed by atoms with van der Waals surface area (Å²) >= 11 is 0. The summed E-state index contributed by atoms with van der Waals surface area (Å²) in [5.74, 6) is -0.149. The van der Waals surface area contributed by atoms with Crippen molar-refractivity contribution in [3.63, 3.8) is 0 Å². The Morgan fingerprint density at radius 3 is 2.27 bits per heavy atom. The van der Waals surface area contributed by atoms with Crippen molar-refractivity contribution in [3.8, 4) is 0 Å². The lowest BCUT2D eigenvalue weighted by molar-refractivity contribution is -0.134. The monoisotopic (exact) mass is 356 g/mol. The molecule has 1 amide bonds. The zero-order valence-electron chi connectivity index (χ0n) is 15.6. The summed E-state index contributed by atoms with van der Waals surface area (Å²) < 4.78 is 11.3. The van der Waals surface area contributed by atoms with E-state index < -0.39 is 11.2 Å². The van der Waals surface area contributed by atoms with Crippen molar-refractivity contribution < 1.29 is 14.3 Å². The molecule has 0 aromatic heterocycles. The molecule has 1 saturated heterocycles. The van der Waals surface area contributed by atoms with Crippen LogP contribution in [0.5, 0.6) is 0 Å². The smallest absolute Gasteiger partial charge is 0.260 e. The van der Waals surface area contributed by atoms with Crippen LogP contribution in [-0.4, -0.2) is 56.8 Å². The van der Waals surface area contributed by atoms with Gasteiger partial charge in [-0.1, -0.05) is 30.3 Å². The van der Waals surface area contributed by atoms with E-state index in [9.17, 15) is 4.79 Å². The molecule has 0 spiro atoms. The molecule has 5 nitrogen and oxygen atoms in total. The second-order valence-corrected chi connectivity index (χ2v) is 6.83. The van der Waals surface area contributed by atoms with E-state index in [1.807, 2.05) is 42.5 Å². The van der Waals surface area contributed by atoms with Crippen LogP contribution in [0.2, 0.25) is 0 Å². The molecular weight excluding hydrogens is 328 g/mol. The van der Waals surface area contributed by atoms with Crippen molar-refractivity contribution in [1.29, 1.82) is 0 Å². The maximum atomic E-state index is 12.8. The van der Waals surface area contributed by atoms with Gasteiger partial charge in [-0.2, -0.15) is 0 Å². The van der Waals surface area contributed by atoms with Gasteiger partial charge in [0.1, 0.15) is 5.60 Å². The summed E-state index contributed by atoms with van der Waals surface area (Å²) in [5.41, 5.74) is -0.768. The predicted octanol–water partition coefficient (Wildman–Crippen LogP) is 2.25. The number of methoxy groups -OCH3 is 2. The number of ether oxygens (including phenoxy) is 2. The Kier molecular flexibility index (Phi) is 5.91. The fraction of sp³-hybridized carbons (Fsp3) is 0.476. The lowest BCUT2D eigenvalue weighted by Crippen LogP contribution is -2.49. The topological polar surface area (TPSA) is 50.8 Å². The van der Waals surface area contributed by atoms with E-state index in [0.717, 1.165) is 25.2 Å². The Morgan fingerprint density at radius 1 is 1.04 bits per heavy atom. The van der Waals surface area contributed by atoms with Gasteiger partial charge in [-0.3, -0.25) is 4.79 Å². The molecule has 1 fully saturated rings. The van der Waals surface area contributed by atoms with Crippen LogP contribution in [0.3, 0.4) is 0 Å². The molecule has 1 aliphatic carbocycles. The number of carbonyl (C=O) groups is 1. The van der Waals surface area contributed by atoms with Crippen molar-refractivity contribution >= 4 is 5.91 Å².